The van der Waals surface area contributed by atoms with Crippen LogP contribution in [0.3, 0.4) is 0 Å². The van der Waals surface area contributed by atoms with Crippen molar-refractivity contribution in [1.82, 2.24) is 10.2 Å². The highest BCUT2D eigenvalue weighted by atomic mass is 16.3. The van der Waals surface area contributed by atoms with Crippen molar-refractivity contribution in [2.24, 2.45) is 0 Å². The molecular weight excluding hydrogens is 276 g/mol. The Balaban J connectivity index is 1.92. The van der Waals surface area contributed by atoms with Crippen LogP contribution in [-0.4, -0.2) is 23.9 Å². The molecule has 0 bridgehead atoms. The average Bonchev–Trinajstić information content (AvgIpc) is 3.01. The molecule has 4 nitrogen and oxygen atoms in total. The Hall–Kier alpha value is -2.07. The molecule has 2 unspecified atom stereocenters. The molecule has 116 valence electrons. The minimum Gasteiger partial charge on any atom is -0.472 e. The highest BCUT2D eigenvalue weighted by molar-refractivity contribution is 5.82. The van der Waals surface area contributed by atoms with Crippen molar-refractivity contribution in [3.05, 3.63) is 60.1 Å². The van der Waals surface area contributed by atoms with Gasteiger partial charge in [-0.15, -0.1) is 0 Å². The molecular formula is C18H22N2O2. The van der Waals surface area contributed by atoms with Crippen molar-refractivity contribution >= 4 is 5.91 Å². The number of carbonyl (C=O) groups excluding carboxylic acids is 1. The van der Waals surface area contributed by atoms with Crippen molar-refractivity contribution in [1.29, 1.82) is 0 Å². The van der Waals surface area contributed by atoms with Gasteiger partial charge >= 0.3 is 0 Å². The molecule has 2 heterocycles. The minimum atomic E-state index is -0.0967. The maximum atomic E-state index is 12.9. The van der Waals surface area contributed by atoms with Crippen LogP contribution in [0.1, 0.15) is 36.4 Å². The summed E-state index contributed by atoms with van der Waals surface area (Å²) < 4.78 is 5.16. The zero-order chi connectivity index (χ0) is 15.4. The minimum absolute atomic E-state index is 0.0967. The predicted octanol–water partition coefficient (Wildman–Crippen LogP) is 3.12. The number of likely N-dealkylation sites (N-methyl/N-ethyl adjacent to an activating group) is 1. The molecule has 1 aliphatic heterocycles. The van der Waals surface area contributed by atoms with E-state index in [0.717, 1.165) is 24.8 Å². The summed E-state index contributed by atoms with van der Waals surface area (Å²) in [5.41, 5.74) is 2.24. The van der Waals surface area contributed by atoms with Crippen LogP contribution < -0.4 is 5.32 Å². The molecule has 1 amide bonds. The van der Waals surface area contributed by atoms with Crippen molar-refractivity contribution in [3.63, 3.8) is 0 Å². The second kappa shape index (κ2) is 6.79. The molecule has 2 atom stereocenters. The number of hydrogen-bond donors (Lipinski definition) is 1. The second-order valence-corrected chi connectivity index (χ2v) is 5.80. The highest BCUT2D eigenvalue weighted by Gasteiger charge is 2.33. The molecule has 1 aromatic carbocycles. The summed E-state index contributed by atoms with van der Waals surface area (Å²) in [7, 11) is 1.86. The van der Waals surface area contributed by atoms with Crippen LogP contribution in [0.5, 0.6) is 0 Å². The fourth-order valence-electron chi connectivity index (χ4n) is 3.21. The van der Waals surface area contributed by atoms with Crippen LogP contribution in [0.4, 0.5) is 0 Å². The third kappa shape index (κ3) is 3.07. The number of furan rings is 1. The van der Waals surface area contributed by atoms with Gasteiger partial charge in [-0.1, -0.05) is 30.3 Å². The van der Waals surface area contributed by atoms with Gasteiger partial charge in [0.05, 0.1) is 24.6 Å². The normalized spacial score (nSPS) is 22.6. The van der Waals surface area contributed by atoms with Gasteiger partial charge < -0.3 is 14.6 Å². The van der Waals surface area contributed by atoms with E-state index in [0.29, 0.717) is 6.54 Å². The van der Waals surface area contributed by atoms with Crippen molar-refractivity contribution < 1.29 is 9.21 Å². The molecule has 4 heteroatoms. The van der Waals surface area contributed by atoms with Crippen molar-refractivity contribution in [2.45, 2.75) is 37.9 Å². The van der Waals surface area contributed by atoms with Crippen LogP contribution in [0, 0.1) is 0 Å². The largest absolute Gasteiger partial charge is 0.472 e. The second-order valence-electron chi connectivity index (χ2n) is 5.80. The van der Waals surface area contributed by atoms with Gasteiger partial charge in [0, 0.05) is 12.1 Å². The molecule has 0 spiro atoms. The van der Waals surface area contributed by atoms with E-state index < -0.39 is 0 Å². The maximum Gasteiger partial charge on any atom is 0.240 e. The Kier molecular flexibility index (Phi) is 4.59. The van der Waals surface area contributed by atoms with Crippen LogP contribution in [0.15, 0.2) is 53.3 Å². The summed E-state index contributed by atoms with van der Waals surface area (Å²) in [5.74, 6) is 0.176. The molecule has 2 aromatic rings. The summed E-state index contributed by atoms with van der Waals surface area (Å²) in [5, 5.41) is 3.16. The Morgan fingerprint density at radius 2 is 2.05 bits per heavy atom. The topological polar surface area (TPSA) is 45.5 Å². The van der Waals surface area contributed by atoms with E-state index in [1.807, 2.05) is 36.2 Å². The summed E-state index contributed by atoms with van der Waals surface area (Å²) in [6.45, 7) is 0.590. The number of rotatable bonds is 4. The SMILES string of the molecule is CNC1CCCC(c2ccccc2)N(Cc2ccoc2)C1=O. The number of carbonyl (C=O) groups is 1. The van der Waals surface area contributed by atoms with E-state index in [2.05, 4.69) is 17.4 Å². The molecule has 1 N–H and O–H groups in total. The molecule has 1 saturated heterocycles. The van der Waals surface area contributed by atoms with Gasteiger partial charge in [0.1, 0.15) is 0 Å². The quantitative estimate of drug-likeness (QED) is 0.943. The number of nitrogens with one attached hydrogen (secondary N) is 1. The number of nitrogens with zero attached hydrogens (tertiary/aromatic N) is 1. The molecule has 1 fully saturated rings. The van der Waals surface area contributed by atoms with E-state index >= 15 is 0 Å². The summed E-state index contributed by atoms with van der Waals surface area (Å²) in [4.78, 5) is 14.9. The standard InChI is InChI=1S/C18H22N2O2/c1-19-16-8-5-9-17(15-6-3-2-4-7-15)20(18(16)21)12-14-10-11-22-13-14/h2-4,6-7,10-11,13,16-17,19H,5,8-9,12H2,1H3. The van der Waals surface area contributed by atoms with Gasteiger partial charge in [0.2, 0.25) is 5.91 Å². The summed E-state index contributed by atoms with van der Waals surface area (Å²) >= 11 is 0. The van der Waals surface area contributed by atoms with Gasteiger partial charge in [-0.05, 0) is 37.9 Å². The Morgan fingerprint density at radius 3 is 2.73 bits per heavy atom. The molecule has 1 aromatic heterocycles. The molecule has 3 rings (SSSR count). The van der Waals surface area contributed by atoms with Gasteiger partial charge in [-0.3, -0.25) is 4.79 Å². The van der Waals surface area contributed by atoms with Crippen molar-refractivity contribution in [3.8, 4) is 0 Å². The zero-order valence-electron chi connectivity index (χ0n) is 12.9. The Morgan fingerprint density at radius 1 is 1.23 bits per heavy atom. The average molecular weight is 298 g/mol. The Bertz CT molecular complexity index is 595. The van der Waals surface area contributed by atoms with Crippen LogP contribution >= 0.6 is 0 Å². The lowest BCUT2D eigenvalue weighted by atomic mass is 10.0. The summed E-state index contributed by atoms with van der Waals surface area (Å²) in [6.07, 6.45) is 6.30. The first-order chi connectivity index (χ1) is 10.8. The van der Waals surface area contributed by atoms with Crippen LogP contribution in [0.25, 0.3) is 0 Å². The first kappa shape index (κ1) is 14.9. The van der Waals surface area contributed by atoms with Crippen LogP contribution in [0.2, 0.25) is 0 Å². The number of amides is 1. The third-order valence-electron chi connectivity index (χ3n) is 4.39. The smallest absolute Gasteiger partial charge is 0.240 e. The van der Waals surface area contributed by atoms with E-state index in [-0.39, 0.29) is 18.0 Å². The van der Waals surface area contributed by atoms with E-state index in [9.17, 15) is 4.79 Å². The fraction of sp³-hybridized carbons (Fsp3) is 0.389. The lowest BCUT2D eigenvalue weighted by Crippen LogP contribution is -2.44. The lowest BCUT2D eigenvalue weighted by Gasteiger charge is -2.32. The van der Waals surface area contributed by atoms with Gasteiger partial charge in [-0.25, -0.2) is 0 Å². The Labute approximate surface area is 131 Å². The first-order valence-corrected chi connectivity index (χ1v) is 7.83. The van der Waals surface area contributed by atoms with Crippen molar-refractivity contribution in [2.75, 3.05) is 7.05 Å². The lowest BCUT2D eigenvalue weighted by molar-refractivity contribution is -0.135. The van der Waals surface area contributed by atoms with Gasteiger partial charge in [-0.2, -0.15) is 0 Å². The van der Waals surface area contributed by atoms with Gasteiger partial charge in [0.15, 0.2) is 0 Å². The van der Waals surface area contributed by atoms with E-state index in [1.54, 1.807) is 12.5 Å². The van der Waals surface area contributed by atoms with E-state index in [4.69, 9.17) is 4.42 Å². The zero-order valence-corrected chi connectivity index (χ0v) is 12.9. The molecule has 0 radical (unpaired) electrons. The number of benzene rings is 1. The predicted molar refractivity (Wildman–Crippen MR) is 85.1 cm³/mol. The van der Waals surface area contributed by atoms with E-state index in [1.165, 1.54) is 5.56 Å². The third-order valence-corrected chi connectivity index (χ3v) is 4.39. The number of hydrogen-bond acceptors (Lipinski definition) is 3. The fourth-order valence-corrected chi connectivity index (χ4v) is 3.21. The number of likely N-dealkylation sites (tertiary alicyclic amines) is 1. The maximum absolute atomic E-state index is 12.9. The highest BCUT2D eigenvalue weighted by Crippen LogP contribution is 2.32. The monoisotopic (exact) mass is 298 g/mol. The molecule has 0 aliphatic carbocycles. The molecule has 1 aliphatic rings. The first-order valence-electron chi connectivity index (χ1n) is 7.83. The molecule has 0 saturated carbocycles. The van der Waals surface area contributed by atoms with Gasteiger partial charge in [0.25, 0.3) is 0 Å². The summed E-state index contributed by atoms with van der Waals surface area (Å²) in [6, 6.07) is 12.3. The van der Waals surface area contributed by atoms with Crippen LogP contribution in [-0.2, 0) is 11.3 Å². The molecule has 22 heavy (non-hydrogen) atoms.